The smallest absolute Gasteiger partial charge is 0.207 e. The van der Waals surface area contributed by atoms with Gasteiger partial charge in [0.25, 0.3) is 10.2 Å². The summed E-state index contributed by atoms with van der Waals surface area (Å²) in [4.78, 5) is 0. The van der Waals surface area contributed by atoms with Gasteiger partial charge in [-0.2, -0.15) is 17.4 Å². The average Bonchev–Trinajstić information content (AvgIpc) is 2.37. The molecule has 6 heteroatoms. The molecule has 1 N–H and O–H groups in total. The highest BCUT2D eigenvalue weighted by Gasteiger charge is 2.16. The standard InChI is InChI=1S/C13H21FN2O2S/c1-4-5-8-16(3)19(17,18)15-10-12-6-7-13(14)11(2)9-12/h6-7,9,15H,4-5,8,10H2,1-3H3. The third kappa shape index (κ3) is 4.89. The highest BCUT2D eigenvalue weighted by atomic mass is 32.2. The number of hydrogen-bond acceptors (Lipinski definition) is 2. The average molecular weight is 288 g/mol. The van der Waals surface area contributed by atoms with Gasteiger partial charge in [-0.15, -0.1) is 0 Å². The van der Waals surface area contributed by atoms with Gasteiger partial charge in [-0.25, -0.2) is 4.39 Å². The molecule has 0 radical (unpaired) electrons. The highest BCUT2D eigenvalue weighted by molar-refractivity contribution is 7.87. The maximum atomic E-state index is 13.1. The molecule has 0 fully saturated rings. The van der Waals surface area contributed by atoms with E-state index in [0.29, 0.717) is 12.1 Å². The third-order valence-corrected chi connectivity index (χ3v) is 4.43. The van der Waals surface area contributed by atoms with Crippen molar-refractivity contribution in [3.63, 3.8) is 0 Å². The number of unbranched alkanes of at least 4 members (excludes halogenated alkanes) is 1. The predicted octanol–water partition coefficient (Wildman–Crippen LogP) is 2.20. The first kappa shape index (κ1) is 16.1. The summed E-state index contributed by atoms with van der Waals surface area (Å²) in [5.74, 6) is -0.285. The van der Waals surface area contributed by atoms with E-state index in [2.05, 4.69) is 4.72 Å². The fraction of sp³-hybridized carbons (Fsp3) is 0.538. The van der Waals surface area contributed by atoms with E-state index in [1.165, 1.54) is 10.4 Å². The van der Waals surface area contributed by atoms with Gasteiger partial charge in [-0.1, -0.05) is 25.5 Å². The van der Waals surface area contributed by atoms with Crippen LogP contribution >= 0.6 is 0 Å². The van der Waals surface area contributed by atoms with Crippen molar-refractivity contribution in [2.75, 3.05) is 13.6 Å². The zero-order valence-corrected chi connectivity index (χ0v) is 12.4. The van der Waals surface area contributed by atoms with Crippen molar-refractivity contribution in [3.8, 4) is 0 Å². The lowest BCUT2D eigenvalue weighted by Gasteiger charge is -2.17. The van der Waals surface area contributed by atoms with Crippen molar-refractivity contribution in [3.05, 3.63) is 35.1 Å². The molecule has 1 aromatic rings. The molecule has 0 amide bonds. The summed E-state index contributed by atoms with van der Waals surface area (Å²) in [6, 6.07) is 4.57. The zero-order valence-electron chi connectivity index (χ0n) is 11.6. The van der Waals surface area contributed by atoms with E-state index in [4.69, 9.17) is 0 Å². The van der Waals surface area contributed by atoms with E-state index < -0.39 is 10.2 Å². The van der Waals surface area contributed by atoms with Gasteiger partial charge in [0, 0.05) is 20.1 Å². The van der Waals surface area contributed by atoms with Crippen LogP contribution in [0.15, 0.2) is 18.2 Å². The van der Waals surface area contributed by atoms with Crippen LogP contribution in [-0.4, -0.2) is 26.3 Å². The van der Waals surface area contributed by atoms with Gasteiger partial charge in [0.15, 0.2) is 0 Å². The van der Waals surface area contributed by atoms with Crippen molar-refractivity contribution in [1.82, 2.24) is 9.03 Å². The molecular formula is C13H21FN2O2S. The largest absolute Gasteiger partial charge is 0.279 e. The van der Waals surface area contributed by atoms with Crippen LogP contribution in [0.5, 0.6) is 0 Å². The molecule has 0 bridgehead atoms. The van der Waals surface area contributed by atoms with Crippen LogP contribution in [0.4, 0.5) is 4.39 Å². The molecule has 0 aliphatic rings. The summed E-state index contributed by atoms with van der Waals surface area (Å²) in [5.41, 5.74) is 1.25. The van der Waals surface area contributed by atoms with Crippen molar-refractivity contribution in [2.45, 2.75) is 33.2 Å². The monoisotopic (exact) mass is 288 g/mol. The van der Waals surface area contributed by atoms with E-state index in [1.807, 2.05) is 6.92 Å². The molecular weight excluding hydrogens is 267 g/mol. The summed E-state index contributed by atoms with van der Waals surface area (Å²) < 4.78 is 40.7. The Hall–Kier alpha value is -0.980. The molecule has 0 spiro atoms. The lowest BCUT2D eigenvalue weighted by molar-refractivity contribution is 0.448. The number of nitrogens with zero attached hydrogens (tertiary/aromatic N) is 1. The van der Waals surface area contributed by atoms with Gasteiger partial charge >= 0.3 is 0 Å². The van der Waals surface area contributed by atoms with E-state index in [-0.39, 0.29) is 12.4 Å². The first-order valence-electron chi connectivity index (χ1n) is 6.32. The number of aryl methyl sites for hydroxylation is 1. The predicted molar refractivity (Wildman–Crippen MR) is 74.4 cm³/mol. The molecule has 0 atom stereocenters. The molecule has 0 unspecified atom stereocenters. The Morgan fingerprint density at radius 3 is 2.63 bits per heavy atom. The molecule has 0 heterocycles. The van der Waals surface area contributed by atoms with Crippen molar-refractivity contribution >= 4 is 10.2 Å². The Morgan fingerprint density at radius 1 is 1.37 bits per heavy atom. The fourth-order valence-electron chi connectivity index (χ4n) is 1.60. The maximum Gasteiger partial charge on any atom is 0.279 e. The van der Waals surface area contributed by atoms with Gasteiger partial charge in [-0.05, 0) is 30.5 Å². The number of benzene rings is 1. The summed E-state index contributed by atoms with van der Waals surface area (Å²) in [6.45, 7) is 4.32. The number of halogens is 1. The van der Waals surface area contributed by atoms with Crippen LogP contribution in [-0.2, 0) is 16.8 Å². The Morgan fingerprint density at radius 2 is 2.05 bits per heavy atom. The Bertz CT molecular complexity index is 517. The van der Waals surface area contributed by atoms with Crippen LogP contribution < -0.4 is 4.72 Å². The summed E-state index contributed by atoms with van der Waals surface area (Å²) in [6.07, 6.45) is 1.77. The third-order valence-electron chi connectivity index (χ3n) is 2.92. The minimum absolute atomic E-state index is 0.167. The molecule has 0 saturated heterocycles. The van der Waals surface area contributed by atoms with E-state index >= 15 is 0 Å². The summed E-state index contributed by atoms with van der Waals surface area (Å²) >= 11 is 0. The minimum Gasteiger partial charge on any atom is -0.207 e. The maximum absolute atomic E-state index is 13.1. The van der Waals surface area contributed by atoms with Crippen LogP contribution in [0.3, 0.4) is 0 Å². The van der Waals surface area contributed by atoms with Gasteiger partial charge < -0.3 is 0 Å². The normalized spacial score (nSPS) is 12.1. The quantitative estimate of drug-likeness (QED) is 0.836. The van der Waals surface area contributed by atoms with Gasteiger partial charge in [0.05, 0.1) is 0 Å². The second-order valence-corrected chi connectivity index (χ2v) is 6.45. The first-order chi connectivity index (χ1) is 8.86. The number of nitrogens with one attached hydrogen (secondary N) is 1. The zero-order chi connectivity index (χ0) is 14.5. The molecule has 0 aromatic heterocycles. The lowest BCUT2D eigenvalue weighted by atomic mass is 10.1. The number of rotatable bonds is 7. The molecule has 0 aliphatic heterocycles. The van der Waals surface area contributed by atoms with Gasteiger partial charge in [0.2, 0.25) is 0 Å². The fourth-order valence-corrected chi connectivity index (χ4v) is 2.54. The molecule has 1 rings (SSSR count). The molecule has 1 aromatic carbocycles. The molecule has 0 saturated carbocycles. The molecule has 19 heavy (non-hydrogen) atoms. The van der Waals surface area contributed by atoms with Crippen LogP contribution in [0.2, 0.25) is 0 Å². The molecule has 4 nitrogen and oxygen atoms in total. The minimum atomic E-state index is -3.46. The summed E-state index contributed by atoms with van der Waals surface area (Å²) in [7, 11) is -1.91. The van der Waals surface area contributed by atoms with E-state index in [0.717, 1.165) is 18.4 Å². The summed E-state index contributed by atoms with van der Waals surface area (Å²) in [5, 5.41) is 0. The second-order valence-electron chi connectivity index (χ2n) is 4.58. The van der Waals surface area contributed by atoms with E-state index in [9.17, 15) is 12.8 Å². The Labute approximate surface area is 114 Å². The van der Waals surface area contributed by atoms with Crippen molar-refractivity contribution in [2.24, 2.45) is 0 Å². The number of hydrogen-bond donors (Lipinski definition) is 1. The van der Waals surface area contributed by atoms with E-state index in [1.54, 1.807) is 26.1 Å². The Balaban J connectivity index is 2.62. The topological polar surface area (TPSA) is 49.4 Å². The van der Waals surface area contributed by atoms with Crippen LogP contribution in [0.1, 0.15) is 30.9 Å². The van der Waals surface area contributed by atoms with Crippen molar-refractivity contribution < 1.29 is 12.8 Å². The second kappa shape index (κ2) is 6.98. The Kier molecular flexibility index (Phi) is 5.90. The van der Waals surface area contributed by atoms with Crippen LogP contribution in [0.25, 0.3) is 0 Å². The highest BCUT2D eigenvalue weighted by Crippen LogP contribution is 2.09. The lowest BCUT2D eigenvalue weighted by Crippen LogP contribution is -2.38. The van der Waals surface area contributed by atoms with Crippen molar-refractivity contribution in [1.29, 1.82) is 0 Å². The molecule has 0 aliphatic carbocycles. The van der Waals surface area contributed by atoms with Gasteiger partial charge in [0.1, 0.15) is 5.82 Å². The van der Waals surface area contributed by atoms with Gasteiger partial charge in [-0.3, -0.25) is 0 Å². The first-order valence-corrected chi connectivity index (χ1v) is 7.76. The molecule has 108 valence electrons. The van der Waals surface area contributed by atoms with Crippen LogP contribution in [0, 0.1) is 12.7 Å². The SMILES string of the molecule is CCCCN(C)S(=O)(=O)NCc1ccc(F)c(C)c1.